The van der Waals surface area contributed by atoms with Crippen molar-refractivity contribution in [1.29, 1.82) is 0 Å². The second kappa shape index (κ2) is 6.58. The van der Waals surface area contributed by atoms with Crippen LogP contribution in [0.15, 0.2) is 18.3 Å². The number of aliphatic carboxylic acids is 1. The molecule has 0 aromatic carbocycles. The predicted octanol–water partition coefficient (Wildman–Crippen LogP) is 2.04. The van der Waals surface area contributed by atoms with Crippen LogP contribution in [-0.2, 0) is 9.59 Å². The standard InChI is InChI=1S/C18H20N2O5/c1-10-14(11-5-2-3-6-11)15(17(23)18(19)24)16-12(25-9-13(21)22)7-4-8-20(10)16/h4,7-8,11H,2-3,5-6,9H2,1H3,(H2,19,24)(H,21,22). The van der Waals surface area contributed by atoms with E-state index in [4.69, 9.17) is 15.6 Å². The number of hydrogen-bond donors (Lipinski definition) is 2. The lowest BCUT2D eigenvalue weighted by molar-refractivity contribution is -0.139. The highest BCUT2D eigenvalue weighted by molar-refractivity contribution is 6.44. The molecule has 1 aliphatic carbocycles. The summed E-state index contributed by atoms with van der Waals surface area (Å²) in [5, 5.41) is 8.87. The number of primary amides is 1. The van der Waals surface area contributed by atoms with Gasteiger partial charge in [-0.25, -0.2) is 4.79 Å². The summed E-state index contributed by atoms with van der Waals surface area (Å²) in [6.07, 6.45) is 5.81. The molecule has 1 saturated carbocycles. The van der Waals surface area contributed by atoms with Gasteiger partial charge < -0.3 is 20.0 Å². The van der Waals surface area contributed by atoms with Gasteiger partial charge in [-0.2, -0.15) is 0 Å². The first-order chi connectivity index (χ1) is 11.9. The molecule has 25 heavy (non-hydrogen) atoms. The monoisotopic (exact) mass is 344 g/mol. The molecule has 0 atom stereocenters. The Morgan fingerprint density at radius 1 is 1.32 bits per heavy atom. The van der Waals surface area contributed by atoms with Crippen LogP contribution in [0.25, 0.3) is 5.52 Å². The van der Waals surface area contributed by atoms with Gasteiger partial charge in [0.2, 0.25) is 0 Å². The van der Waals surface area contributed by atoms with Crippen LogP contribution in [0.3, 0.4) is 0 Å². The van der Waals surface area contributed by atoms with Gasteiger partial charge in [-0.1, -0.05) is 12.8 Å². The van der Waals surface area contributed by atoms with E-state index in [0.29, 0.717) is 5.52 Å². The number of ketones is 1. The average Bonchev–Trinajstić information content (AvgIpc) is 3.18. The second-order valence-corrected chi connectivity index (χ2v) is 6.32. The van der Waals surface area contributed by atoms with Crippen molar-refractivity contribution in [1.82, 2.24) is 4.40 Å². The highest BCUT2D eigenvalue weighted by Crippen LogP contribution is 2.42. The van der Waals surface area contributed by atoms with E-state index in [1.165, 1.54) is 0 Å². The quantitative estimate of drug-likeness (QED) is 0.615. The summed E-state index contributed by atoms with van der Waals surface area (Å²) in [5.41, 5.74) is 7.61. The number of ether oxygens (including phenoxy) is 1. The summed E-state index contributed by atoms with van der Waals surface area (Å²) in [6, 6.07) is 3.31. The molecule has 1 fully saturated rings. The molecule has 0 bridgehead atoms. The smallest absolute Gasteiger partial charge is 0.341 e. The lowest BCUT2D eigenvalue weighted by Crippen LogP contribution is -2.24. The lowest BCUT2D eigenvalue weighted by atomic mass is 9.91. The lowest BCUT2D eigenvalue weighted by Gasteiger charge is -2.11. The van der Waals surface area contributed by atoms with Crippen molar-refractivity contribution in [2.24, 2.45) is 5.73 Å². The first-order valence-electron chi connectivity index (χ1n) is 8.24. The first kappa shape index (κ1) is 17.0. The van der Waals surface area contributed by atoms with Crippen molar-refractivity contribution in [3.63, 3.8) is 0 Å². The Morgan fingerprint density at radius 2 is 2.00 bits per heavy atom. The molecule has 2 aromatic heterocycles. The predicted molar refractivity (Wildman–Crippen MR) is 90.0 cm³/mol. The number of amides is 1. The second-order valence-electron chi connectivity index (χ2n) is 6.32. The maximum Gasteiger partial charge on any atom is 0.341 e. The molecule has 0 spiro atoms. The van der Waals surface area contributed by atoms with E-state index >= 15 is 0 Å². The van der Waals surface area contributed by atoms with E-state index in [9.17, 15) is 14.4 Å². The molecule has 7 heteroatoms. The molecule has 7 nitrogen and oxygen atoms in total. The molecule has 0 aliphatic heterocycles. The molecule has 3 rings (SSSR count). The number of carboxylic acids is 1. The molecular formula is C18H20N2O5. The van der Waals surface area contributed by atoms with Crippen LogP contribution in [0.1, 0.15) is 53.2 Å². The number of hydrogen-bond acceptors (Lipinski definition) is 4. The van der Waals surface area contributed by atoms with Crippen molar-refractivity contribution < 1.29 is 24.2 Å². The topological polar surface area (TPSA) is 111 Å². The van der Waals surface area contributed by atoms with Gasteiger partial charge in [0, 0.05) is 11.9 Å². The van der Waals surface area contributed by atoms with Gasteiger partial charge in [0.25, 0.3) is 11.7 Å². The molecule has 132 valence electrons. The summed E-state index contributed by atoms with van der Waals surface area (Å²) in [6.45, 7) is 1.35. The Hall–Kier alpha value is -2.83. The van der Waals surface area contributed by atoms with Crippen molar-refractivity contribution in [3.05, 3.63) is 35.2 Å². The molecule has 3 N–H and O–H groups in total. The third-order valence-corrected chi connectivity index (χ3v) is 4.78. The van der Waals surface area contributed by atoms with Gasteiger partial charge >= 0.3 is 5.97 Å². The molecule has 0 unspecified atom stereocenters. The number of aromatic nitrogens is 1. The summed E-state index contributed by atoms with van der Waals surface area (Å²) in [5.74, 6) is -2.48. The number of pyridine rings is 1. The van der Waals surface area contributed by atoms with Crippen LogP contribution in [0.2, 0.25) is 0 Å². The van der Waals surface area contributed by atoms with Gasteiger partial charge in [-0.05, 0) is 43.4 Å². The molecule has 0 radical (unpaired) electrons. The van der Waals surface area contributed by atoms with Gasteiger partial charge in [-0.15, -0.1) is 0 Å². The molecule has 0 saturated heterocycles. The molecule has 2 heterocycles. The fourth-order valence-corrected chi connectivity index (χ4v) is 3.77. The molecule has 1 aliphatic rings. The Kier molecular flexibility index (Phi) is 4.48. The highest BCUT2D eigenvalue weighted by Gasteiger charge is 2.32. The summed E-state index contributed by atoms with van der Waals surface area (Å²) < 4.78 is 7.14. The van der Waals surface area contributed by atoms with Crippen molar-refractivity contribution in [3.8, 4) is 5.75 Å². The fourth-order valence-electron chi connectivity index (χ4n) is 3.77. The molecular weight excluding hydrogens is 324 g/mol. The van der Waals surface area contributed by atoms with Gasteiger partial charge in [0.15, 0.2) is 6.61 Å². The van der Waals surface area contributed by atoms with Crippen LogP contribution in [-0.4, -0.2) is 33.8 Å². The maximum atomic E-state index is 12.6. The normalized spacial score (nSPS) is 14.8. The molecule has 2 aromatic rings. The van der Waals surface area contributed by atoms with Gasteiger partial charge in [0.05, 0.1) is 11.1 Å². The number of Topliss-reactive ketones (excluding diaryl/α,β-unsaturated/α-hetero) is 1. The Bertz CT molecular complexity index is 862. The van der Waals surface area contributed by atoms with Gasteiger partial charge in [0.1, 0.15) is 5.75 Å². The van der Waals surface area contributed by atoms with E-state index in [2.05, 4.69) is 0 Å². The zero-order valence-corrected chi connectivity index (χ0v) is 13.9. The van der Waals surface area contributed by atoms with Crippen LogP contribution < -0.4 is 10.5 Å². The number of fused-ring (bicyclic) bond motifs is 1. The number of carbonyl (C=O) groups is 3. The van der Waals surface area contributed by atoms with E-state index in [-0.39, 0.29) is 17.2 Å². The summed E-state index contributed by atoms with van der Waals surface area (Å²) >= 11 is 0. The van der Waals surface area contributed by atoms with E-state index in [0.717, 1.165) is 36.9 Å². The molecule has 1 amide bonds. The third-order valence-electron chi connectivity index (χ3n) is 4.78. The van der Waals surface area contributed by atoms with E-state index in [1.807, 2.05) is 6.92 Å². The van der Waals surface area contributed by atoms with Crippen LogP contribution >= 0.6 is 0 Å². The Balaban J connectivity index is 2.27. The maximum absolute atomic E-state index is 12.6. The number of rotatable bonds is 6. The highest BCUT2D eigenvalue weighted by atomic mass is 16.5. The van der Waals surface area contributed by atoms with Crippen LogP contribution in [0, 0.1) is 6.92 Å². The minimum absolute atomic E-state index is 0.186. The SMILES string of the molecule is Cc1c(C2CCCC2)c(C(=O)C(N)=O)c2c(OCC(=O)O)cccn12. The van der Waals surface area contributed by atoms with Crippen LogP contribution in [0.5, 0.6) is 5.75 Å². The van der Waals surface area contributed by atoms with Gasteiger partial charge in [-0.3, -0.25) is 9.59 Å². The summed E-state index contributed by atoms with van der Waals surface area (Å²) in [4.78, 5) is 35.0. The van der Waals surface area contributed by atoms with Crippen LogP contribution in [0.4, 0.5) is 0 Å². The minimum Gasteiger partial charge on any atom is -0.480 e. The minimum atomic E-state index is -1.12. The number of aryl methyl sites for hydroxylation is 1. The number of carbonyl (C=O) groups excluding carboxylic acids is 2. The third kappa shape index (κ3) is 2.97. The number of nitrogens with two attached hydrogens (primary N) is 1. The Morgan fingerprint density at radius 3 is 2.60 bits per heavy atom. The fraction of sp³-hybridized carbons (Fsp3) is 0.389. The zero-order valence-electron chi connectivity index (χ0n) is 13.9. The zero-order chi connectivity index (χ0) is 18.1. The van der Waals surface area contributed by atoms with Crippen molar-refractivity contribution >= 4 is 23.2 Å². The van der Waals surface area contributed by atoms with Crippen molar-refractivity contribution in [2.45, 2.75) is 38.5 Å². The largest absolute Gasteiger partial charge is 0.480 e. The van der Waals surface area contributed by atoms with E-state index in [1.54, 1.807) is 22.7 Å². The van der Waals surface area contributed by atoms with E-state index < -0.39 is 24.3 Å². The summed E-state index contributed by atoms with van der Waals surface area (Å²) in [7, 11) is 0. The van der Waals surface area contributed by atoms with Crippen molar-refractivity contribution in [2.75, 3.05) is 6.61 Å². The first-order valence-corrected chi connectivity index (χ1v) is 8.24. The number of carboxylic acid groups (broad SMARTS) is 1. The Labute approximate surface area is 144 Å². The number of nitrogens with zero attached hydrogens (tertiary/aromatic N) is 1. The average molecular weight is 344 g/mol.